The van der Waals surface area contributed by atoms with Gasteiger partial charge in [0.05, 0.1) is 5.92 Å². The fraction of sp³-hybridized carbons (Fsp3) is 0.250. The average molecular weight is 252 g/mol. The minimum absolute atomic E-state index is 0.0303. The number of hydrogen-bond acceptors (Lipinski definition) is 2. The molecule has 0 aliphatic heterocycles. The number of Topliss-reactive ketones (excluding diaryl/α,β-unsaturated/α-hetero) is 1. The third kappa shape index (κ3) is 1.27. The Labute approximate surface area is 109 Å². The number of hydrogen-bond donors (Lipinski definition) is 1. The van der Waals surface area contributed by atoms with Crippen molar-refractivity contribution in [3.63, 3.8) is 0 Å². The minimum Gasteiger partial charge on any atom is -0.481 e. The van der Waals surface area contributed by atoms with Crippen molar-refractivity contribution in [1.82, 2.24) is 0 Å². The Morgan fingerprint density at radius 1 is 1.16 bits per heavy atom. The number of benzene rings is 2. The summed E-state index contributed by atoms with van der Waals surface area (Å²) < 4.78 is 0. The van der Waals surface area contributed by atoms with E-state index < -0.39 is 11.9 Å². The number of aliphatic carboxylic acids is 1. The van der Waals surface area contributed by atoms with Gasteiger partial charge in [-0.15, -0.1) is 0 Å². The van der Waals surface area contributed by atoms with Gasteiger partial charge in [0.15, 0.2) is 5.78 Å². The van der Waals surface area contributed by atoms with E-state index in [-0.39, 0.29) is 18.1 Å². The summed E-state index contributed by atoms with van der Waals surface area (Å²) >= 11 is 0. The molecule has 0 aromatic heterocycles. The SMILES string of the molecule is O=C1CC(C(=O)O)C2Cc3cccc4ccc1c2c34. The van der Waals surface area contributed by atoms with E-state index in [1.54, 1.807) is 0 Å². The first-order valence-electron chi connectivity index (χ1n) is 6.47. The Bertz CT molecular complexity index is 745. The van der Waals surface area contributed by atoms with Crippen LogP contribution in [0.3, 0.4) is 0 Å². The van der Waals surface area contributed by atoms with Gasteiger partial charge in [0.25, 0.3) is 0 Å². The molecule has 0 fully saturated rings. The first-order chi connectivity index (χ1) is 9.16. The standard InChI is InChI=1S/C16H12O3/c17-13-7-12(16(18)19)11-6-9-3-1-2-8-4-5-10(13)15(11)14(8)9/h1-5,11-12H,6-7H2,(H,18,19). The van der Waals surface area contributed by atoms with Crippen LogP contribution in [0.4, 0.5) is 0 Å². The molecule has 0 bridgehead atoms. The van der Waals surface area contributed by atoms with Gasteiger partial charge in [-0.25, -0.2) is 0 Å². The molecule has 0 saturated heterocycles. The van der Waals surface area contributed by atoms with Gasteiger partial charge in [0, 0.05) is 17.9 Å². The maximum Gasteiger partial charge on any atom is 0.307 e. The molecule has 1 N–H and O–H groups in total. The van der Waals surface area contributed by atoms with E-state index in [4.69, 9.17) is 0 Å². The summed E-state index contributed by atoms with van der Waals surface area (Å²) in [6.07, 6.45) is 0.875. The lowest BCUT2D eigenvalue weighted by Crippen LogP contribution is -2.30. The Hall–Kier alpha value is -2.16. The monoisotopic (exact) mass is 252 g/mol. The van der Waals surface area contributed by atoms with Crippen molar-refractivity contribution in [2.75, 3.05) is 0 Å². The van der Waals surface area contributed by atoms with Gasteiger partial charge in [0.2, 0.25) is 0 Å². The van der Waals surface area contributed by atoms with Crippen LogP contribution >= 0.6 is 0 Å². The molecule has 0 amide bonds. The zero-order valence-corrected chi connectivity index (χ0v) is 10.2. The van der Waals surface area contributed by atoms with Gasteiger partial charge in [-0.3, -0.25) is 9.59 Å². The molecule has 2 aliphatic carbocycles. The number of carboxylic acid groups (broad SMARTS) is 1. The molecule has 2 aromatic carbocycles. The fourth-order valence-corrected chi connectivity index (χ4v) is 3.68. The fourth-order valence-electron chi connectivity index (χ4n) is 3.68. The van der Waals surface area contributed by atoms with Crippen LogP contribution in [0.15, 0.2) is 30.3 Å². The summed E-state index contributed by atoms with van der Waals surface area (Å²) in [5.74, 6) is -1.49. The third-order valence-corrected chi connectivity index (χ3v) is 4.49. The van der Waals surface area contributed by atoms with E-state index in [0.717, 1.165) is 28.3 Å². The zero-order valence-electron chi connectivity index (χ0n) is 10.2. The number of carbonyl (C=O) groups is 2. The molecule has 0 saturated carbocycles. The second kappa shape index (κ2) is 3.44. The van der Waals surface area contributed by atoms with E-state index in [9.17, 15) is 14.7 Å². The van der Waals surface area contributed by atoms with Crippen molar-refractivity contribution in [3.8, 4) is 0 Å². The first-order valence-corrected chi connectivity index (χ1v) is 6.47. The summed E-state index contributed by atoms with van der Waals surface area (Å²) in [6.45, 7) is 0. The molecule has 0 radical (unpaired) electrons. The van der Waals surface area contributed by atoms with Crippen LogP contribution < -0.4 is 0 Å². The molecule has 3 nitrogen and oxygen atoms in total. The highest BCUT2D eigenvalue weighted by molar-refractivity contribution is 6.08. The predicted octanol–water partition coefficient (Wildman–Crippen LogP) is 2.77. The maximum absolute atomic E-state index is 12.1. The van der Waals surface area contributed by atoms with Crippen molar-refractivity contribution in [3.05, 3.63) is 47.0 Å². The summed E-state index contributed by atoms with van der Waals surface area (Å²) in [4.78, 5) is 23.6. The average Bonchev–Trinajstić information content (AvgIpc) is 2.78. The van der Waals surface area contributed by atoms with Crippen molar-refractivity contribution in [1.29, 1.82) is 0 Å². The molecule has 2 atom stereocenters. The Morgan fingerprint density at radius 3 is 2.79 bits per heavy atom. The smallest absolute Gasteiger partial charge is 0.307 e. The van der Waals surface area contributed by atoms with Gasteiger partial charge in [-0.1, -0.05) is 30.3 Å². The van der Waals surface area contributed by atoms with Crippen LogP contribution in [0.5, 0.6) is 0 Å². The van der Waals surface area contributed by atoms with E-state index in [1.165, 1.54) is 5.56 Å². The molecule has 2 aromatic rings. The molecular weight excluding hydrogens is 240 g/mol. The molecule has 19 heavy (non-hydrogen) atoms. The van der Waals surface area contributed by atoms with Gasteiger partial charge >= 0.3 is 5.97 Å². The van der Waals surface area contributed by atoms with Crippen LogP contribution in [0.1, 0.15) is 33.8 Å². The Kier molecular flexibility index (Phi) is 1.94. The van der Waals surface area contributed by atoms with Crippen LogP contribution in [0.25, 0.3) is 10.8 Å². The van der Waals surface area contributed by atoms with Crippen molar-refractivity contribution >= 4 is 22.5 Å². The van der Waals surface area contributed by atoms with Crippen LogP contribution in [-0.4, -0.2) is 16.9 Å². The lowest BCUT2D eigenvalue weighted by atomic mass is 9.75. The van der Waals surface area contributed by atoms with Crippen molar-refractivity contribution in [2.24, 2.45) is 5.92 Å². The molecule has 2 aliphatic rings. The van der Waals surface area contributed by atoms with Gasteiger partial charge in [-0.05, 0) is 28.3 Å². The summed E-state index contributed by atoms with van der Waals surface area (Å²) in [7, 11) is 0. The highest BCUT2D eigenvalue weighted by Gasteiger charge is 2.42. The second-order valence-electron chi connectivity index (χ2n) is 5.42. The first kappa shape index (κ1) is 10.7. The summed E-state index contributed by atoms with van der Waals surface area (Å²) in [5, 5.41) is 11.6. The number of ketones is 1. The Balaban J connectivity index is 2.07. The van der Waals surface area contributed by atoms with Crippen molar-refractivity contribution in [2.45, 2.75) is 18.8 Å². The largest absolute Gasteiger partial charge is 0.481 e. The molecule has 0 heterocycles. The predicted molar refractivity (Wildman–Crippen MR) is 70.5 cm³/mol. The zero-order chi connectivity index (χ0) is 13.1. The number of carboxylic acids is 1. The maximum atomic E-state index is 12.1. The number of rotatable bonds is 1. The van der Waals surface area contributed by atoms with E-state index in [0.29, 0.717) is 0 Å². The molecule has 94 valence electrons. The topological polar surface area (TPSA) is 54.4 Å². The van der Waals surface area contributed by atoms with Gasteiger partial charge < -0.3 is 5.11 Å². The van der Waals surface area contributed by atoms with E-state index in [2.05, 4.69) is 0 Å². The minimum atomic E-state index is -0.853. The van der Waals surface area contributed by atoms with E-state index in [1.807, 2.05) is 30.3 Å². The lowest BCUT2D eigenvalue weighted by molar-refractivity contribution is -0.142. The van der Waals surface area contributed by atoms with Gasteiger partial charge in [0.1, 0.15) is 0 Å². The molecule has 4 rings (SSSR count). The normalized spacial score (nSPS) is 23.9. The van der Waals surface area contributed by atoms with Crippen LogP contribution in [0, 0.1) is 5.92 Å². The number of carbonyl (C=O) groups excluding carboxylic acids is 1. The quantitative estimate of drug-likeness (QED) is 0.849. The molecular formula is C16H12O3. The van der Waals surface area contributed by atoms with Gasteiger partial charge in [-0.2, -0.15) is 0 Å². The molecule has 0 spiro atoms. The summed E-state index contributed by atoms with van der Waals surface area (Å²) in [6, 6.07) is 9.90. The highest BCUT2D eigenvalue weighted by atomic mass is 16.4. The highest BCUT2D eigenvalue weighted by Crippen LogP contribution is 2.48. The molecule has 3 heteroatoms. The van der Waals surface area contributed by atoms with Crippen LogP contribution in [-0.2, 0) is 11.2 Å². The van der Waals surface area contributed by atoms with E-state index >= 15 is 0 Å². The lowest BCUT2D eigenvalue weighted by Gasteiger charge is -2.27. The molecule has 2 unspecified atom stereocenters. The van der Waals surface area contributed by atoms with Crippen molar-refractivity contribution < 1.29 is 14.7 Å². The summed E-state index contributed by atoms with van der Waals surface area (Å²) in [5.41, 5.74) is 2.90. The van der Waals surface area contributed by atoms with Crippen LogP contribution in [0.2, 0.25) is 0 Å². The third-order valence-electron chi connectivity index (χ3n) is 4.49. The Morgan fingerprint density at radius 2 is 2.00 bits per heavy atom. The second-order valence-corrected chi connectivity index (χ2v) is 5.42.